The lowest BCUT2D eigenvalue weighted by Gasteiger charge is -2.18. The summed E-state index contributed by atoms with van der Waals surface area (Å²) in [6, 6.07) is 3.06. The molecule has 21 heavy (non-hydrogen) atoms. The van der Waals surface area contributed by atoms with E-state index in [-0.39, 0.29) is 28.4 Å². The highest BCUT2D eigenvalue weighted by Crippen LogP contribution is 2.33. The third kappa shape index (κ3) is 4.18. The number of amides is 1. The van der Waals surface area contributed by atoms with Gasteiger partial charge in [0.15, 0.2) is 5.75 Å². The maximum atomic E-state index is 12.1. The highest BCUT2D eigenvalue weighted by molar-refractivity contribution is 7.89. The number of anilines is 1. The summed E-state index contributed by atoms with van der Waals surface area (Å²) in [6.45, 7) is 7.40. The van der Waals surface area contributed by atoms with E-state index in [0.29, 0.717) is 11.3 Å². The van der Waals surface area contributed by atoms with Crippen molar-refractivity contribution in [2.45, 2.75) is 32.6 Å². The number of benzene rings is 1. The van der Waals surface area contributed by atoms with Crippen LogP contribution in [-0.2, 0) is 14.8 Å². The first kappa shape index (κ1) is 17.5. The molecular weight excluding hydrogens is 292 g/mol. The Morgan fingerprint density at radius 1 is 1.29 bits per heavy atom. The van der Waals surface area contributed by atoms with Crippen LogP contribution < -0.4 is 15.2 Å². The summed E-state index contributed by atoms with van der Waals surface area (Å²) in [5, 5.41) is 7.90. The quantitative estimate of drug-likeness (QED) is 0.867. The number of hydrogen-bond donors (Lipinski definition) is 2. The number of ether oxygens (including phenoxy) is 1. The van der Waals surface area contributed by atoms with Crippen molar-refractivity contribution in [2.75, 3.05) is 12.4 Å². The Morgan fingerprint density at radius 3 is 2.29 bits per heavy atom. The number of carbonyl (C=O) groups is 1. The maximum Gasteiger partial charge on any atom is 0.241 e. The summed E-state index contributed by atoms with van der Waals surface area (Å²) in [6.07, 6.45) is 0. The van der Waals surface area contributed by atoms with E-state index in [1.165, 1.54) is 13.2 Å². The number of sulfonamides is 1. The number of aryl methyl sites for hydroxylation is 1. The van der Waals surface area contributed by atoms with Gasteiger partial charge in [-0.1, -0.05) is 20.8 Å². The molecular formula is C14H22N2O4S. The molecule has 0 saturated heterocycles. The van der Waals surface area contributed by atoms with Crippen molar-refractivity contribution in [1.82, 2.24) is 0 Å². The molecule has 0 radical (unpaired) electrons. The van der Waals surface area contributed by atoms with E-state index >= 15 is 0 Å². The molecule has 0 aliphatic carbocycles. The normalized spacial score (nSPS) is 13.1. The smallest absolute Gasteiger partial charge is 0.241 e. The lowest BCUT2D eigenvalue weighted by Crippen LogP contribution is -2.25. The second-order valence-corrected chi connectivity index (χ2v) is 6.94. The topological polar surface area (TPSA) is 98.5 Å². The molecule has 1 atom stereocenters. The SMILES string of the molecule is COc1c(NC(=O)C(C)C(C)C)cc(C)cc1S(N)(=O)=O. The fourth-order valence-corrected chi connectivity index (χ4v) is 2.61. The molecule has 0 heterocycles. The molecule has 3 N–H and O–H groups in total. The Hall–Kier alpha value is -1.60. The van der Waals surface area contributed by atoms with E-state index in [1.54, 1.807) is 13.0 Å². The molecule has 0 bridgehead atoms. The molecule has 1 aromatic rings. The molecule has 0 aromatic heterocycles. The van der Waals surface area contributed by atoms with Gasteiger partial charge in [0.25, 0.3) is 0 Å². The zero-order valence-electron chi connectivity index (χ0n) is 12.9. The van der Waals surface area contributed by atoms with Gasteiger partial charge in [-0.05, 0) is 30.5 Å². The molecule has 118 valence electrons. The van der Waals surface area contributed by atoms with Gasteiger partial charge in [-0.2, -0.15) is 0 Å². The Morgan fingerprint density at radius 2 is 1.86 bits per heavy atom. The summed E-state index contributed by atoms with van der Waals surface area (Å²) in [5.41, 5.74) is 0.964. The number of carbonyl (C=O) groups excluding carboxylic acids is 1. The monoisotopic (exact) mass is 314 g/mol. The van der Waals surface area contributed by atoms with Crippen molar-refractivity contribution in [3.05, 3.63) is 17.7 Å². The fraction of sp³-hybridized carbons (Fsp3) is 0.500. The van der Waals surface area contributed by atoms with Gasteiger partial charge in [0.05, 0.1) is 12.8 Å². The van der Waals surface area contributed by atoms with Gasteiger partial charge in [-0.25, -0.2) is 13.6 Å². The molecule has 0 aliphatic rings. The Bertz CT molecular complexity index is 639. The summed E-state index contributed by atoms with van der Waals surface area (Å²) in [5.74, 6) is -0.201. The average molecular weight is 314 g/mol. The second kappa shape index (κ2) is 6.44. The molecule has 7 heteroatoms. The molecule has 0 fully saturated rings. The first-order chi connectivity index (χ1) is 9.57. The van der Waals surface area contributed by atoms with Crippen molar-refractivity contribution >= 4 is 21.6 Å². The summed E-state index contributed by atoms with van der Waals surface area (Å²) in [7, 11) is -2.61. The van der Waals surface area contributed by atoms with Crippen molar-refractivity contribution < 1.29 is 17.9 Å². The van der Waals surface area contributed by atoms with Crippen molar-refractivity contribution in [3.8, 4) is 5.75 Å². The van der Waals surface area contributed by atoms with Crippen LogP contribution in [0.15, 0.2) is 17.0 Å². The molecule has 0 aliphatic heterocycles. The lowest BCUT2D eigenvalue weighted by molar-refractivity contribution is -0.120. The van der Waals surface area contributed by atoms with Crippen LogP contribution in [0.2, 0.25) is 0 Å². The minimum atomic E-state index is -3.94. The Labute approximate surface area is 125 Å². The van der Waals surface area contributed by atoms with E-state index in [0.717, 1.165) is 0 Å². The summed E-state index contributed by atoms with van der Waals surface area (Å²) in [4.78, 5) is 12.0. The van der Waals surface area contributed by atoms with Crippen LogP contribution in [-0.4, -0.2) is 21.4 Å². The minimum absolute atomic E-state index is 0.0485. The summed E-state index contributed by atoms with van der Waals surface area (Å²) >= 11 is 0. The van der Waals surface area contributed by atoms with Crippen LogP contribution in [0.5, 0.6) is 5.75 Å². The lowest BCUT2D eigenvalue weighted by atomic mass is 9.97. The number of primary sulfonamides is 1. The minimum Gasteiger partial charge on any atom is -0.493 e. The third-order valence-electron chi connectivity index (χ3n) is 3.38. The number of nitrogens with two attached hydrogens (primary N) is 1. The second-order valence-electron chi connectivity index (χ2n) is 5.41. The largest absolute Gasteiger partial charge is 0.493 e. The molecule has 0 saturated carbocycles. The van der Waals surface area contributed by atoms with Gasteiger partial charge in [-0.15, -0.1) is 0 Å². The fourth-order valence-electron chi connectivity index (χ4n) is 1.80. The zero-order valence-corrected chi connectivity index (χ0v) is 13.7. The van der Waals surface area contributed by atoms with E-state index in [1.807, 2.05) is 20.8 Å². The van der Waals surface area contributed by atoms with Crippen molar-refractivity contribution in [2.24, 2.45) is 17.0 Å². The van der Waals surface area contributed by atoms with Crippen LogP contribution in [0.1, 0.15) is 26.3 Å². The van der Waals surface area contributed by atoms with Crippen LogP contribution in [0.3, 0.4) is 0 Å². The molecule has 1 unspecified atom stereocenters. The van der Waals surface area contributed by atoms with E-state index in [2.05, 4.69) is 5.32 Å². The predicted octanol–water partition coefficient (Wildman–Crippen LogP) is 1.88. The van der Waals surface area contributed by atoms with E-state index < -0.39 is 10.0 Å². The van der Waals surface area contributed by atoms with Gasteiger partial charge < -0.3 is 10.1 Å². The highest BCUT2D eigenvalue weighted by Gasteiger charge is 2.23. The van der Waals surface area contributed by atoms with Gasteiger partial charge in [-0.3, -0.25) is 4.79 Å². The summed E-state index contributed by atoms with van der Waals surface area (Å²) < 4.78 is 28.4. The van der Waals surface area contributed by atoms with Gasteiger partial charge in [0.2, 0.25) is 15.9 Å². The van der Waals surface area contributed by atoms with E-state index in [4.69, 9.17) is 9.88 Å². The molecule has 1 rings (SSSR count). The Balaban J connectivity index is 3.31. The first-order valence-corrected chi connectivity index (χ1v) is 8.14. The average Bonchev–Trinajstić information content (AvgIpc) is 2.35. The zero-order chi connectivity index (χ0) is 16.4. The van der Waals surface area contributed by atoms with Crippen LogP contribution in [0.4, 0.5) is 5.69 Å². The van der Waals surface area contributed by atoms with Crippen LogP contribution in [0, 0.1) is 18.8 Å². The molecule has 0 spiro atoms. The van der Waals surface area contributed by atoms with E-state index in [9.17, 15) is 13.2 Å². The van der Waals surface area contributed by atoms with Crippen LogP contribution in [0.25, 0.3) is 0 Å². The van der Waals surface area contributed by atoms with Crippen molar-refractivity contribution in [1.29, 1.82) is 0 Å². The predicted molar refractivity (Wildman–Crippen MR) is 81.7 cm³/mol. The number of methoxy groups -OCH3 is 1. The molecule has 1 amide bonds. The highest BCUT2D eigenvalue weighted by atomic mass is 32.2. The third-order valence-corrected chi connectivity index (χ3v) is 4.30. The van der Waals surface area contributed by atoms with Crippen molar-refractivity contribution in [3.63, 3.8) is 0 Å². The first-order valence-electron chi connectivity index (χ1n) is 6.60. The van der Waals surface area contributed by atoms with Crippen LogP contribution >= 0.6 is 0 Å². The van der Waals surface area contributed by atoms with Gasteiger partial charge >= 0.3 is 0 Å². The number of rotatable bonds is 5. The van der Waals surface area contributed by atoms with Gasteiger partial charge in [0.1, 0.15) is 4.90 Å². The number of nitrogens with one attached hydrogen (secondary N) is 1. The maximum absolute atomic E-state index is 12.1. The number of hydrogen-bond acceptors (Lipinski definition) is 4. The standard InChI is InChI=1S/C14H22N2O4S/c1-8(2)10(4)14(17)16-11-6-9(3)7-12(13(11)20-5)21(15,18)19/h6-8,10H,1-5H3,(H,16,17)(H2,15,18,19). The Kier molecular flexibility index (Phi) is 5.36. The molecule has 1 aromatic carbocycles. The molecule has 6 nitrogen and oxygen atoms in total. The van der Waals surface area contributed by atoms with Gasteiger partial charge in [0, 0.05) is 5.92 Å².